The lowest BCUT2D eigenvalue weighted by Crippen LogP contribution is -2.21. The molecule has 0 spiro atoms. The Hall–Kier alpha value is -0.980. The largest absolute Gasteiger partial charge is 0.490 e. The molecule has 1 heterocycles. The number of ether oxygens (including phenoxy) is 1. The molecule has 2 rings (SSSR count). The summed E-state index contributed by atoms with van der Waals surface area (Å²) in [4.78, 5) is 0. The fourth-order valence-corrected chi connectivity index (χ4v) is 2.54. The molecule has 1 aliphatic heterocycles. The van der Waals surface area contributed by atoms with Crippen LogP contribution >= 0.6 is 0 Å². The van der Waals surface area contributed by atoms with Crippen LogP contribution in [0.25, 0.3) is 0 Å². The lowest BCUT2D eigenvalue weighted by Gasteiger charge is -2.28. The van der Waals surface area contributed by atoms with E-state index in [1.54, 1.807) is 0 Å². The molecule has 1 unspecified atom stereocenters. The van der Waals surface area contributed by atoms with Crippen LogP contribution in [0.5, 0.6) is 5.75 Å². The molecular weight excluding hydrogens is 184 g/mol. The van der Waals surface area contributed by atoms with E-state index in [4.69, 9.17) is 4.74 Å². The number of hydrogen-bond donors (Lipinski definition) is 0. The van der Waals surface area contributed by atoms with Crippen LogP contribution < -0.4 is 4.74 Å². The minimum atomic E-state index is 0.379. The van der Waals surface area contributed by atoms with Crippen molar-refractivity contribution in [3.63, 3.8) is 0 Å². The second-order valence-electron chi connectivity index (χ2n) is 4.62. The number of rotatable bonds is 1. The lowest BCUT2D eigenvalue weighted by atomic mass is 9.91. The van der Waals surface area contributed by atoms with E-state index < -0.39 is 0 Å². The van der Waals surface area contributed by atoms with Gasteiger partial charge in [-0.15, -0.1) is 0 Å². The van der Waals surface area contributed by atoms with Crippen LogP contribution in [0, 0.1) is 13.8 Å². The molecule has 15 heavy (non-hydrogen) atoms. The van der Waals surface area contributed by atoms with Gasteiger partial charge in [-0.1, -0.05) is 13.0 Å². The molecule has 1 atom stereocenters. The van der Waals surface area contributed by atoms with Crippen LogP contribution in [0.1, 0.15) is 42.5 Å². The van der Waals surface area contributed by atoms with E-state index in [0.717, 1.165) is 12.8 Å². The minimum Gasteiger partial charge on any atom is -0.490 e. The fourth-order valence-electron chi connectivity index (χ4n) is 2.54. The van der Waals surface area contributed by atoms with E-state index in [-0.39, 0.29) is 0 Å². The molecule has 0 fully saturated rings. The average molecular weight is 204 g/mol. The zero-order chi connectivity index (χ0) is 11.0. The zero-order valence-corrected chi connectivity index (χ0v) is 10.2. The first-order valence-electron chi connectivity index (χ1n) is 5.92. The summed E-state index contributed by atoms with van der Waals surface area (Å²) < 4.78 is 6.02. The van der Waals surface area contributed by atoms with Gasteiger partial charge in [0, 0.05) is 0 Å². The summed E-state index contributed by atoms with van der Waals surface area (Å²) >= 11 is 0. The topological polar surface area (TPSA) is 9.23 Å². The van der Waals surface area contributed by atoms with Crippen molar-refractivity contribution in [1.29, 1.82) is 0 Å². The first-order chi connectivity index (χ1) is 7.13. The van der Waals surface area contributed by atoms with Crippen molar-refractivity contribution in [1.82, 2.24) is 0 Å². The summed E-state index contributed by atoms with van der Waals surface area (Å²) in [5.41, 5.74) is 5.62. The SMILES string of the molecule is CCc1c(C)cc(C)c2c1OC(C)CC2. The predicted molar refractivity (Wildman–Crippen MR) is 63.7 cm³/mol. The maximum absolute atomic E-state index is 6.02. The Morgan fingerprint density at radius 3 is 2.73 bits per heavy atom. The second kappa shape index (κ2) is 3.88. The van der Waals surface area contributed by atoms with Crippen molar-refractivity contribution >= 4 is 0 Å². The molecule has 0 aliphatic carbocycles. The highest BCUT2D eigenvalue weighted by Crippen LogP contribution is 2.36. The van der Waals surface area contributed by atoms with Gasteiger partial charge in [-0.3, -0.25) is 0 Å². The van der Waals surface area contributed by atoms with E-state index in [1.807, 2.05) is 0 Å². The van der Waals surface area contributed by atoms with Gasteiger partial charge >= 0.3 is 0 Å². The maximum Gasteiger partial charge on any atom is 0.126 e. The van der Waals surface area contributed by atoms with Gasteiger partial charge in [0.1, 0.15) is 5.75 Å². The van der Waals surface area contributed by atoms with Gasteiger partial charge in [0.25, 0.3) is 0 Å². The number of hydrogen-bond acceptors (Lipinski definition) is 1. The van der Waals surface area contributed by atoms with Gasteiger partial charge in [0.2, 0.25) is 0 Å². The van der Waals surface area contributed by atoms with Crippen LogP contribution in [0.4, 0.5) is 0 Å². The molecule has 1 heteroatoms. The second-order valence-corrected chi connectivity index (χ2v) is 4.62. The van der Waals surface area contributed by atoms with Gasteiger partial charge in [0.15, 0.2) is 0 Å². The summed E-state index contributed by atoms with van der Waals surface area (Å²) in [6.45, 7) is 8.76. The predicted octanol–water partition coefficient (Wildman–Crippen LogP) is 3.58. The van der Waals surface area contributed by atoms with Crippen LogP contribution in [-0.2, 0) is 12.8 Å². The van der Waals surface area contributed by atoms with Crippen molar-refractivity contribution in [3.8, 4) is 5.75 Å². The molecule has 0 saturated carbocycles. The zero-order valence-electron chi connectivity index (χ0n) is 10.2. The van der Waals surface area contributed by atoms with Crippen molar-refractivity contribution in [3.05, 3.63) is 28.3 Å². The molecule has 82 valence electrons. The Kier molecular flexibility index (Phi) is 2.72. The quantitative estimate of drug-likeness (QED) is 0.679. The summed E-state index contributed by atoms with van der Waals surface area (Å²) in [6.07, 6.45) is 3.78. The third-order valence-electron chi connectivity index (χ3n) is 3.41. The number of benzene rings is 1. The molecule has 1 aromatic carbocycles. The van der Waals surface area contributed by atoms with Crippen LogP contribution in [-0.4, -0.2) is 6.10 Å². The van der Waals surface area contributed by atoms with E-state index >= 15 is 0 Å². The summed E-state index contributed by atoms with van der Waals surface area (Å²) in [5.74, 6) is 1.19. The third-order valence-corrected chi connectivity index (χ3v) is 3.41. The molecule has 0 saturated heterocycles. The van der Waals surface area contributed by atoms with Crippen LogP contribution in [0.15, 0.2) is 6.07 Å². The van der Waals surface area contributed by atoms with E-state index in [2.05, 4.69) is 33.8 Å². The summed E-state index contributed by atoms with van der Waals surface area (Å²) in [6, 6.07) is 2.30. The highest BCUT2D eigenvalue weighted by Gasteiger charge is 2.21. The fraction of sp³-hybridized carbons (Fsp3) is 0.571. The molecule has 1 nitrogen and oxygen atoms in total. The molecule has 0 bridgehead atoms. The molecule has 0 amide bonds. The first-order valence-corrected chi connectivity index (χ1v) is 5.92. The normalized spacial score (nSPS) is 19.6. The van der Waals surface area contributed by atoms with E-state index in [1.165, 1.54) is 34.4 Å². The Bertz CT molecular complexity index is 359. The van der Waals surface area contributed by atoms with Gasteiger partial charge in [-0.25, -0.2) is 0 Å². The Labute approximate surface area is 92.5 Å². The van der Waals surface area contributed by atoms with Gasteiger partial charge in [-0.2, -0.15) is 0 Å². The van der Waals surface area contributed by atoms with Crippen molar-refractivity contribution in [2.45, 2.75) is 53.1 Å². The highest BCUT2D eigenvalue weighted by atomic mass is 16.5. The van der Waals surface area contributed by atoms with Gasteiger partial charge in [-0.05, 0) is 62.3 Å². The monoisotopic (exact) mass is 204 g/mol. The van der Waals surface area contributed by atoms with Crippen molar-refractivity contribution < 1.29 is 4.74 Å². The molecule has 1 aromatic rings. The van der Waals surface area contributed by atoms with Crippen LogP contribution in [0.3, 0.4) is 0 Å². The van der Waals surface area contributed by atoms with Crippen LogP contribution in [0.2, 0.25) is 0 Å². The third kappa shape index (κ3) is 1.75. The molecule has 1 aliphatic rings. The average Bonchev–Trinajstić information content (AvgIpc) is 2.17. The lowest BCUT2D eigenvalue weighted by molar-refractivity contribution is 0.190. The Morgan fingerprint density at radius 2 is 2.07 bits per heavy atom. The molecule has 0 radical (unpaired) electrons. The van der Waals surface area contributed by atoms with E-state index in [0.29, 0.717) is 6.10 Å². The minimum absolute atomic E-state index is 0.379. The molecular formula is C14H20O. The smallest absolute Gasteiger partial charge is 0.126 e. The molecule has 0 aromatic heterocycles. The summed E-state index contributed by atoms with van der Waals surface area (Å²) in [7, 11) is 0. The number of fused-ring (bicyclic) bond motifs is 1. The standard InChI is InChI=1S/C14H20O/c1-5-12-9(2)8-10(3)13-7-6-11(4)15-14(12)13/h8,11H,5-7H2,1-4H3. The van der Waals surface area contributed by atoms with Gasteiger partial charge in [0.05, 0.1) is 6.10 Å². The number of aryl methyl sites for hydroxylation is 2. The Morgan fingerprint density at radius 1 is 1.33 bits per heavy atom. The van der Waals surface area contributed by atoms with E-state index in [9.17, 15) is 0 Å². The van der Waals surface area contributed by atoms with Crippen molar-refractivity contribution in [2.24, 2.45) is 0 Å². The summed E-state index contributed by atoms with van der Waals surface area (Å²) in [5, 5.41) is 0. The van der Waals surface area contributed by atoms with Crippen molar-refractivity contribution in [2.75, 3.05) is 0 Å². The Balaban J connectivity index is 2.58. The maximum atomic E-state index is 6.02. The van der Waals surface area contributed by atoms with Gasteiger partial charge < -0.3 is 4.74 Å². The molecule has 0 N–H and O–H groups in total. The highest BCUT2D eigenvalue weighted by molar-refractivity contribution is 5.51. The first kappa shape index (κ1) is 10.5.